The summed E-state index contributed by atoms with van der Waals surface area (Å²) in [4.78, 5) is 2.10. The number of likely N-dealkylation sites (N-methyl/N-ethyl adjacent to an activating group) is 1. The van der Waals surface area contributed by atoms with Crippen molar-refractivity contribution in [2.45, 2.75) is 13.3 Å². The van der Waals surface area contributed by atoms with Crippen LogP contribution in [0.2, 0.25) is 5.02 Å². The van der Waals surface area contributed by atoms with Gasteiger partial charge in [0.15, 0.2) is 0 Å². The minimum atomic E-state index is 0.627. The van der Waals surface area contributed by atoms with Crippen molar-refractivity contribution in [3.8, 4) is 5.75 Å². The molecule has 0 aliphatic rings. The first-order chi connectivity index (χ1) is 8.08. The molecule has 1 rings (SSSR count). The lowest BCUT2D eigenvalue weighted by atomic mass is 10.1. The van der Waals surface area contributed by atoms with E-state index in [2.05, 4.69) is 4.90 Å². The Bertz CT molecular complexity index is 369. The number of benzene rings is 1. The molecule has 0 radical (unpaired) electrons. The summed E-state index contributed by atoms with van der Waals surface area (Å²) in [5, 5.41) is 0.787. The number of halogens is 1. The van der Waals surface area contributed by atoms with Crippen molar-refractivity contribution < 1.29 is 9.47 Å². The molecule has 17 heavy (non-hydrogen) atoms. The number of aryl methyl sites for hydroxylation is 1. The maximum absolute atomic E-state index is 6.13. The Morgan fingerprint density at radius 3 is 2.59 bits per heavy atom. The van der Waals surface area contributed by atoms with Crippen LogP contribution in [0.4, 0.5) is 0 Å². The number of ether oxygens (including phenoxy) is 2. The molecule has 0 unspecified atom stereocenters. The molecule has 96 valence electrons. The van der Waals surface area contributed by atoms with Gasteiger partial charge in [-0.2, -0.15) is 0 Å². The Morgan fingerprint density at radius 1 is 1.29 bits per heavy atom. The van der Waals surface area contributed by atoms with Gasteiger partial charge in [0, 0.05) is 18.7 Å². The Morgan fingerprint density at radius 2 is 2.00 bits per heavy atom. The van der Waals surface area contributed by atoms with Gasteiger partial charge in [0.1, 0.15) is 5.75 Å². The van der Waals surface area contributed by atoms with Crippen molar-refractivity contribution in [2.75, 3.05) is 34.5 Å². The molecule has 0 aliphatic heterocycles. The van der Waals surface area contributed by atoms with Crippen molar-refractivity contribution in [3.05, 3.63) is 28.3 Å². The minimum Gasteiger partial charge on any atom is -0.496 e. The average Bonchev–Trinajstić information content (AvgIpc) is 2.30. The van der Waals surface area contributed by atoms with Crippen LogP contribution >= 0.6 is 11.6 Å². The van der Waals surface area contributed by atoms with E-state index in [1.165, 1.54) is 0 Å². The highest BCUT2D eigenvalue weighted by molar-refractivity contribution is 6.31. The zero-order chi connectivity index (χ0) is 12.8. The molecule has 0 fully saturated rings. The molecule has 0 bridgehead atoms. The normalized spacial score (nSPS) is 10.9. The second kappa shape index (κ2) is 6.84. The van der Waals surface area contributed by atoms with Crippen molar-refractivity contribution in [3.63, 3.8) is 0 Å². The average molecular weight is 258 g/mol. The number of hydrogen-bond donors (Lipinski definition) is 0. The summed E-state index contributed by atoms with van der Waals surface area (Å²) in [5.74, 6) is 0.901. The fraction of sp³-hybridized carbons (Fsp3) is 0.538. The predicted molar refractivity (Wildman–Crippen MR) is 71.0 cm³/mol. The third-order valence-electron chi connectivity index (χ3n) is 2.67. The lowest BCUT2D eigenvalue weighted by Crippen LogP contribution is -2.23. The van der Waals surface area contributed by atoms with Gasteiger partial charge in [0.25, 0.3) is 0 Å². The summed E-state index contributed by atoms with van der Waals surface area (Å²) < 4.78 is 10.4. The highest BCUT2D eigenvalue weighted by Crippen LogP contribution is 2.26. The SMILES string of the molecule is COCN(C)CCc1cc(Cl)c(C)cc1OC. The lowest BCUT2D eigenvalue weighted by Gasteiger charge is -2.17. The standard InChI is InChI=1S/C13H20ClNO2/c1-10-7-13(17-4)11(8-12(10)14)5-6-15(2)9-16-3/h7-8H,5-6,9H2,1-4H3. The molecule has 0 saturated carbocycles. The van der Waals surface area contributed by atoms with Gasteiger partial charge in [0.2, 0.25) is 0 Å². The maximum Gasteiger partial charge on any atom is 0.122 e. The molecule has 0 amide bonds. The topological polar surface area (TPSA) is 21.7 Å². The van der Waals surface area contributed by atoms with Crippen LogP contribution in [-0.4, -0.2) is 39.4 Å². The molecule has 0 heterocycles. The zero-order valence-electron chi connectivity index (χ0n) is 10.9. The fourth-order valence-electron chi connectivity index (χ4n) is 1.68. The van der Waals surface area contributed by atoms with Crippen molar-refractivity contribution in [2.24, 2.45) is 0 Å². The first-order valence-electron chi connectivity index (χ1n) is 5.59. The van der Waals surface area contributed by atoms with E-state index >= 15 is 0 Å². The monoisotopic (exact) mass is 257 g/mol. The number of hydrogen-bond acceptors (Lipinski definition) is 3. The molecular formula is C13H20ClNO2. The van der Waals surface area contributed by atoms with Gasteiger partial charge in [0.05, 0.1) is 13.8 Å². The minimum absolute atomic E-state index is 0.627. The second-order valence-corrected chi connectivity index (χ2v) is 4.57. The first kappa shape index (κ1) is 14.3. The molecule has 0 aliphatic carbocycles. The van der Waals surface area contributed by atoms with Crippen molar-refractivity contribution in [1.29, 1.82) is 0 Å². The summed E-state index contributed by atoms with van der Waals surface area (Å²) in [6.45, 7) is 3.51. The quantitative estimate of drug-likeness (QED) is 0.732. The van der Waals surface area contributed by atoms with E-state index in [1.807, 2.05) is 26.1 Å². The molecule has 1 aromatic carbocycles. The van der Waals surface area contributed by atoms with Crippen molar-refractivity contribution >= 4 is 11.6 Å². The van der Waals surface area contributed by atoms with Gasteiger partial charge in [-0.05, 0) is 43.7 Å². The van der Waals surface area contributed by atoms with E-state index < -0.39 is 0 Å². The Hall–Kier alpha value is -0.770. The molecule has 0 atom stereocenters. The largest absolute Gasteiger partial charge is 0.496 e. The molecule has 4 heteroatoms. The van der Waals surface area contributed by atoms with Crippen LogP contribution in [0.15, 0.2) is 12.1 Å². The van der Waals surface area contributed by atoms with Crippen LogP contribution in [0.1, 0.15) is 11.1 Å². The predicted octanol–water partition coefficient (Wildman–Crippen LogP) is 2.74. The second-order valence-electron chi connectivity index (χ2n) is 4.16. The maximum atomic E-state index is 6.13. The number of nitrogens with zero attached hydrogens (tertiary/aromatic N) is 1. The van der Waals surface area contributed by atoms with Crippen LogP contribution in [-0.2, 0) is 11.2 Å². The molecule has 0 N–H and O–H groups in total. The van der Waals surface area contributed by atoms with Crippen LogP contribution in [0.5, 0.6) is 5.75 Å². The molecule has 0 saturated heterocycles. The van der Waals surface area contributed by atoms with E-state index in [1.54, 1.807) is 14.2 Å². The molecule has 3 nitrogen and oxygen atoms in total. The van der Waals surface area contributed by atoms with Gasteiger partial charge >= 0.3 is 0 Å². The van der Waals surface area contributed by atoms with Crippen LogP contribution in [0, 0.1) is 6.92 Å². The van der Waals surface area contributed by atoms with Gasteiger partial charge in [-0.1, -0.05) is 11.6 Å². The van der Waals surface area contributed by atoms with E-state index in [0.717, 1.165) is 34.9 Å². The Kier molecular flexibility index (Phi) is 5.75. The summed E-state index contributed by atoms with van der Waals surface area (Å²) >= 11 is 6.13. The van der Waals surface area contributed by atoms with E-state index in [-0.39, 0.29) is 0 Å². The Balaban J connectivity index is 2.72. The van der Waals surface area contributed by atoms with E-state index in [4.69, 9.17) is 21.1 Å². The van der Waals surface area contributed by atoms with Gasteiger partial charge < -0.3 is 9.47 Å². The third-order valence-corrected chi connectivity index (χ3v) is 3.08. The van der Waals surface area contributed by atoms with Crippen LogP contribution < -0.4 is 4.74 Å². The summed E-state index contributed by atoms with van der Waals surface area (Å²) in [6.07, 6.45) is 0.892. The molecule has 0 spiro atoms. The van der Waals surface area contributed by atoms with Gasteiger partial charge in [-0.25, -0.2) is 0 Å². The molecule has 0 aromatic heterocycles. The highest BCUT2D eigenvalue weighted by Gasteiger charge is 2.08. The fourth-order valence-corrected chi connectivity index (χ4v) is 1.86. The molecule has 1 aromatic rings. The van der Waals surface area contributed by atoms with E-state index in [0.29, 0.717) is 6.73 Å². The summed E-state index contributed by atoms with van der Waals surface area (Å²) in [7, 11) is 5.40. The molecular weight excluding hydrogens is 238 g/mol. The summed E-state index contributed by atoms with van der Waals surface area (Å²) in [6, 6.07) is 3.96. The summed E-state index contributed by atoms with van der Waals surface area (Å²) in [5.41, 5.74) is 2.17. The Labute approximate surface area is 108 Å². The first-order valence-corrected chi connectivity index (χ1v) is 5.96. The highest BCUT2D eigenvalue weighted by atomic mass is 35.5. The lowest BCUT2D eigenvalue weighted by molar-refractivity contribution is 0.0826. The number of rotatable bonds is 6. The smallest absolute Gasteiger partial charge is 0.122 e. The van der Waals surface area contributed by atoms with Gasteiger partial charge in [-0.15, -0.1) is 0 Å². The van der Waals surface area contributed by atoms with Crippen LogP contribution in [0.3, 0.4) is 0 Å². The van der Waals surface area contributed by atoms with Gasteiger partial charge in [-0.3, -0.25) is 4.90 Å². The van der Waals surface area contributed by atoms with Crippen molar-refractivity contribution in [1.82, 2.24) is 4.90 Å². The van der Waals surface area contributed by atoms with Crippen LogP contribution in [0.25, 0.3) is 0 Å². The zero-order valence-corrected chi connectivity index (χ0v) is 11.7. The third kappa shape index (κ3) is 4.19. The van der Waals surface area contributed by atoms with E-state index in [9.17, 15) is 0 Å². The number of methoxy groups -OCH3 is 2.